The van der Waals surface area contributed by atoms with Crippen LogP contribution < -0.4 is 0 Å². The van der Waals surface area contributed by atoms with Crippen LogP contribution in [0.25, 0.3) is 0 Å². The van der Waals surface area contributed by atoms with Gasteiger partial charge in [-0.15, -0.1) is 0 Å². The summed E-state index contributed by atoms with van der Waals surface area (Å²) in [5.74, 6) is -2.88. The van der Waals surface area contributed by atoms with E-state index in [0.29, 0.717) is 0 Å². The first-order valence-corrected chi connectivity index (χ1v) is 1.87. The van der Waals surface area contributed by atoms with Crippen LogP contribution in [0.2, 0.25) is 0 Å². The summed E-state index contributed by atoms with van der Waals surface area (Å²) < 4.78 is 22.9. The average molecular weight is 91.1 g/mol. The Kier molecular flexibility index (Phi) is 0.500. The number of hydrogen-bond acceptors (Lipinski definition) is 0. The molecule has 0 aromatic carbocycles. The van der Waals surface area contributed by atoms with E-state index in [-0.39, 0.29) is 0 Å². The van der Waals surface area contributed by atoms with E-state index in [4.69, 9.17) is 0 Å². The third-order valence-corrected chi connectivity index (χ3v) is 0.970. The fourth-order valence-corrected chi connectivity index (χ4v) is 0.285. The highest BCUT2D eigenvalue weighted by molar-refractivity contribution is 5.11. The van der Waals surface area contributed by atoms with Gasteiger partial charge in [-0.25, -0.2) is 8.78 Å². The van der Waals surface area contributed by atoms with Crippen molar-refractivity contribution >= 4 is 0 Å². The molecule has 1 saturated carbocycles. The average Bonchev–Trinajstić information content (AvgIpc) is 1.73. The molecule has 1 rings (SSSR count). The SMILES string of the molecule is CC1[CH]C1(F)F. The lowest BCUT2D eigenvalue weighted by Crippen LogP contribution is -1.87. The van der Waals surface area contributed by atoms with Crippen LogP contribution in [0.15, 0.2) is 0 Å². The molecule has 0 spiro atoms. The maximum atomic E-state index is 11.5. The number of rotatable bonds is 0. The van der Waals surface area contributed by atoms with E-state index in [9.17, 15) is 8.78 Å². The monoisotopic (exact) mass is 91.0 g/mol. The first-order chi connectivity index (χ1) is 2.63. The van der Waals surface area contributed by atoms with Gasteiger partial charge in [-0.3, -0.25) is 0 Å². The third kappa shape index (κ3) is 0.402. The molecule has 0 bridgehead atoms. The highest BCUT2D eigenvalue weighted by Crippen LogP contribution is 2.46. The lowest BCUT2D eigenvalue weighted by atomic mass is 10.5. The van der Waals surface area contributed by atoms with E-state index in [1.54, 1.807) is 0 Å². The topological polar surface area (TPSA) is 0 Å². The molecule has 1 fully saturated rings. The zero-order valence-electron chi connectivity index (χ0n) is 3.41. The Labute approximate surface area is 35.2 Å². The van der Waals surface area contributed by atoms with E-state index >= 15 is 0 Å². The molecule has 0 saturated heterocycles. The van der Waals surface area contributed by atoms with Crippen molar-refractivity contribution < 1.29 is 8.78 Å². The minimum absolute atomic E-state index is 0.461. The molecule has 0 heterocycles. The van der Waals surface area contributed by atoms with Crippen LogP contribution in [0.4, 0.5) is 8.78 Å². The minimum Gasteiger partial charge on any atom is -0.206 e. The van der Waals surface area contributed by atoms with Crippen LogP contribution in [-0.2, 0) is 0 Å². The second kappa shape index (κ2) is 0.745. The molecule has 1 aliphatic rings. The van der Waals surface area contributed by atoms with Crippen LogP contribution in [-0.4, -0.2) is 5.92 Å². The fraction of sp³-hybridized carbons (Fsp3) is 0.750. The molecule has 1 unspecified atom stereocenters. The van der Waals surface area contributed by atoms with Crippen LogP contribution in [0.5, 0.6) is 0 Å². The quantitative estimate of drug-likeness (QED) is 0.423. The van der Waals surface area contributed by atoms with E-state index in [1.807, 2.05) is 0 Å². The minimum atomic E-state index is -2.42. The molecule has 0 N–H and O–H groups in total. The molecule has 1 atom stereocenters. The summed E-state index contributed by atoms with van der Waals surface area (Å²) in [6.45, 7) is 1.50. The van der Waals surface area contributed by atoms with Crippen molar-refractivity contribution in [3.8, 4) is 0 Å². The van der Waals surface area contributed by atoms with Gasteiger partial charge in [0, 0.05) is 12.3 Å². The van der Waals surface area contributed by atoms with Gasteiger partial charge in [-0.1, -0.05) is 6.92 Å². The van der Waals surface area contributed by atoms with Gasteiger partial charge >= 0.3 is 0 Å². The molecule has 0 amide bonds. The highest BCUT2D eigenvalue weighted by Gasteiger charge is 2.53. The maximum Gasteiger partial charge on any atom is 0.254 e. The predicted molar refractivity (Wildman–Crippen MR) is 18.4 cm³/mol. The zero-order chi connectivity index (χ0) is 4.78. The van der Waals surface area contributed by atoms with Gasteiger partial charge in [-0.2, -0.15) is 0 Å². The molecule has 35 valence electrons. The van der Waals surface area contributed by atoms with Crippen molar-refractivity contribution in [3.63, 3.8) is 0 Å². The largest absolute Gasteiger partial charge is 0.254 e. The summed E-state index contributed by atoms with van der Waals surface area (Å²) in [6, 6.07) is 0. The van der Waals surface area contributed by atoms with E-state index in [1.165, 1.54) is 6.92 Å². The van der Waals surface area contributed by atoms with Gasteiger partial charge in [0.25, 0.3) is 5.92 Å². The van der Waals surface area contributed by atoms with Gasteiger partial charge < -0.3 is 0 Å². The fourth-order valence-electron chi connectivity index (χ4n) is 0.285. The Morgan fingerprint density at radius 2 is 1.83 bits per heavy atom. The predicted octanol–water partition coefficient (Wildman–Crippen LogP) is 1.48. The molecular formula is C4H5F2. The summed E-state index contributed by atoms with van der Waals surface area (Å²) in [6.07, 6.45) is 1.02. The lowest BCUT2D eigenvalue weighted by Gasteiger charge is -1.81. The summed E-state index contributed by atoms with van der Waals surface area (Å²) >= 11 is 0. The van der Waals surface area contributed by atoms with E-state index < -0.39 is 11.8 Å². The molecule has 0 aromatic rings. The maximum absolute atomic E-state index is 11.5. The summed E-state index contributed by atoms with van der Waals surface area (Å²) in [5, 5.41) is 0. The third-order valence-electron chi connectivity index (χ3n) is 0.970. The van der Waals surface area contributed by atoms with Crippen molar-refractivity contribution in [2.45, 2.75) is 12.8 Å². The normalized spacial score (nSPS) is 39.5. The highest BCUT2D eigenvalue weighted by atomic mass is 19.3. The number of hydrogen-bond donors (Lipinski definition) is 0. The Balaban J connectivity index is 2.41. The molecule has 0 aromatic heterocycles. The van der Waals surface area contributed by atoms with E-state index in [2.05, 4.69) is 0 Å². The molecule has 6 heavy (non-hydrogen) atoms. The molecule has 0 aliphatic heterocycles. The van der Waals surface area contributed by atoms with Crippen LogP contribution in [0.1, 0.15) is 6.92 Å². The zero-order valence-corrected chi connectivity index (χ0v) is 3.41. The molecule has 0 nitrogen and oxygen atoms in total. The van der Waals surface area contributed by atoms with Crippen molar-refractivity contribution in [2.24, 2.45) is 5.92 Å². The lowest BCUT2D eigenvalue weighted by molar-refractivity contribution is 0.113. The molecule has 2 heteroatoms. The van der Waals surface area contributed by atoms with Crippen molar-refractivity contribution in [2.75, 3.05) is 0 Å². The van der Waals surface area contributed by atoms with Gasteiger partial charge in [0.1, 0.15) is 0 Å². The van der Waals surface area contributed by atoms with Gasteiger partial charge in [0.2, 0.25) is 0 Å². The van der Waals surface area contributed by atoms with Crippen molar-refractivity contribution in [3.05, 3.63) is 6.42 Å². The Morgan fingerprint density at radius 1 is 1.67 bits per heavy atom. The Hall–Kier alpha value is -0.140. The molecule has 1 radical (unpaired) electrons. The van der Waals surface area contributed by atoms with E-state index in [0.717, 1.165) is 6.42 Å². The smallest absolute Gasteiger partial charge is 0.206 e. The number of halogens is 2. The van der Waals surface area contributed by atoms with Crippen molar-refractivity contribution in [1.29, 1.82) is 0 Å². The van der Waals surface area contributed by atoms with Crippen LogP contribution in [0, 0.1) is 12.3 Å². The summed E-state index contributed by atoms with van der Waals surface area (Å²) in [7, 11) is 0. The standard InChI is InChI=1S/C4H5F2/c1-3-2-4(3,5)6/h2-3H,1H3. The number of alkyl halides is 2. The second-order valence-corrected chi connectivity index (χ2v) is 1.63. The van der Waals surface area contributed by atoms with Gasteiger partial charge in [0.05, 0.1) is 0 Å². The summed E-state index contributed by atoms with van der Waals surface area (Å²) in [5.41, 5.74) is 0. The van der Waals surface area contributed by atoms with Gasteiger partial charge in [0.15, 0.2) is 0 Å². The molecular weight excluding hydrogens is 86.0 g/mol. The van der Waals surface area contributed by atoms with Crippen molar-refractivity contribution in [1.82, 2.24) is 0 Å². The van der Waals surface area contributed by atoms with Crippen LogP contribution in [0.3, 0.4) is 0 Å². The van der Waals surface area contributed by atoms with Gasteiger partial charge in [-0.05, 0) is 0 Å². The Bertz CT molecular complexity index is 67.9. The Morgan fingerprint density at radius 3 is 1.83 bits per heavy atom. The van der Waals surface area contributed by atoms with Crippen LogP contribution >= 0.6 is 0 Å². The summed E-state index contributed by atoms with van der Waals surface area (Å²) in [4.78, 5) is 0. The molecule has 1 aliphatic carbocycles. The second-order valence-electron chi connectivity index (χ2n) is 1.63. The first kappa shape index (κ1) is 4.03. The first-order valence-electron chi connectivity index (χ1n) is 1.87.